The van der Waals surface area contributed by atoms with Gasteiger partial charge in [0, 0.05) is 5.75 Å². The summed E-state index contributed by atoms with van der Waals surface area (Å²) in [5.74, 6) is 1.52. The second kappa shape index (κ2) is 7.55. The van der Waals surface area contributed by atoms with Gasteiger partial charge in [-0.2, -0.15) is 12.6 Å². The Labute approximate surface area is 92.8 Å². The summed E-state index contributed by atoms with van der Waals surface area (Å²) in [6.07, 6.45) is 5.72. The van der Waals surface area contributed by atoms with E-state index >= 15 is 0 Å². The summed E-state index contributed by atoms with van der Waals surface area (Å²) in [7, 11) is 0. The van der Waals surface area contributed by atoms with E-state index in [1.807, 2.05) is 0 Å². The molecule has 0 bridgehead atoms. The highest BCUT2D eigenvalue weighted by Gasteiger charge is 2.21. The largest absolute Gasteiger partial charge is 0.378 e. The second-order valence-electron chi connectivity index (χ2n) is 4.01. The van der Waals surface area contributed by atoms with Crippen LogP contribution in [-0.4, -0.2) is 31.7 Å². The number of rotatable bonds is 6. The van der Waals surface area contributed by atoms with Gasteiger partial charge in [-0.1, -0.05) is 19.8 Å². The molecule has 84 valence electrons. The first kappa shape index (κ1) is 12.3. The molecule has 1 aliphatic rings. The predicted molar refractivity (Wildman–Crippen MR) is 62.0 cm³/mol. The summed E-state index contributed by atoms with van der Waals surface area (Å²) in [4.78, 5) is 0. The van der Waals surface area contributed by atoms with Gasteiger partial charge in [0.05, 0.1) is 25.9 Å². The predicted octanol–water partition coefficient (Wildman–Crippen LogP) is 2.53. The smallest absolute Gasteiger partial charge is 0.0704 e. The van der Waals surface area contributed by atoms with Crippen molar-refractivity contribution >= 4 is 12.6 Å². The van der Waals surface area contributed by atoms with Crippen molar-refractivity contribution in [2.45, 2.75) is 38.7 Å². The average molecular weight is 218 g/mol. The third-order valence-corrected chi connectivity index (χ3v) is 3.01. The topological polar surface area (TPSA) is 18.5 Å². The maximum Gasteiger partial charge on any atom is 0.0704 e. The van der Waals surface area contributed by atoms with Crippen LogP contribution in [0, 0.1) is 5.92 Å². The second-order valence-corrected chi connectivity index (χ2v) is 4.45. The molecule has 0 aromatic heterocycles. The van der Waals surface area contributed by atoms with Crippen LogP contribution in [0.3, 0.4) is 0 Å². The zero-order chi connectivity index (χ0) is 10.2. The molecule has 0 saturated heterocycles. The van der Waals surface area contributed by atoms with E-state index < -0.39 is 0 Å². The van der Waals surface area contributed by atoms with Crippen LogP contribution in [0.2, 0.25) is 0 Å². The Bertz CT molecular complexity index is 141. The molecule has 0 N–H and O–H groups in total. The Morgan fingerprint density at radius 2 is 1.93 bits per heavy atom. The normalized spacial score (nSPS) is 27.9. The van der Waals surface area contributed by atoms with E-state index in [0.29, 0.717) is 12.7 Å². The molecule has 0 radical (unpaired) electrons. The van der Waals surface area contributed by atoms with Gasteiger partial charge >= 0.3 is 0 Å². The first-order chi connectivity index (χ1) is 6.84. The average Bonchev–Trinajstić information content (AvgIpc) is 2.20. The molecule has 0 heterocycles. The Balaban J connectivity index is 1.99. The molecular formula is C11H22O2S. The Hall–Kier alpha value is 0.270. The van der Waals surface area contributed by atoms with Crippen LogP contribution >= 0.6 is 12.6 Å². The van der Waals surface area contributed by atoms with E-state index in [4.69, 9.17) is 9.47 Å². The molecule has 1 saturated carbocycles. The van der Waals surface area contributed by atoms with Crippen molar-refractivity contribution in [3.63, 3.8) is 0 Å². The molecule has 0 spiro atoms. The van der Waals surface area contributed by atoms with Gasteiger partial charge < -0.3 is 9.47 Å². The molecule has 2 nitrogen and oxygen atoms in total. The highest BCUT2D eigenvalue weighted by atomic mass is 32.1. The molecule has 3 heteroatoms. The maximum absolute atomic E-state index is 5.79. The fourth-order valence-corrected chi connectivity index (χ4v) is 2.08. The fraction of sp³-hybridized carbons (Fsp3) is 1.00. The molecule has 2 atom stereocenters. The van der Waals surface area contributed by atoms with Crippen molar-refractivity contribution < 1.29 is 9.47 Å². The molecule has 2 unspecified atom stereocenters. The van der Waals surface area contributed by atoms with E-state index in [1.54, 1.807) is 0 Å². The van der Waals surface area contributed by atoms with Crippen LogP contribution in [0.4, 0.5) is 0 Å². The Morgan fingerprint density at radius 1 is 1.14 bits per heavy atom. The van der Waals surface area contributed by atoms with Crippen LogP contribution in [0.25, 0.3) is 0 Å². The molecule has 1 aliphatic carbocycles. The van der Waals surface area contributed by atoms with E-state index in [1.165, 1.54) is 25.7 Å². The minimum absolute atomic E-state index is 0.475. The molecule has 1 rings (SSSR count). The number of thiol groups is 1. The minimum atomic E-state index is 0.475. The summed E-state index contributed by atoms with van der Waals surface area (Å²) in [5, 5.41) is 0. The highest BCUT2D eigenvalue weighted by molar-refractivity contribution is 7.80. The van der Waals surface area contributed by atoms with Gasteiger partial charge in [-0.3, -0.25) is 0 Å². The van der Waals surface area contributed by atoms with Gasteiger partial charge in [0.15, 0.2) is 0 Å². The van der Waals surface area contributed by atoms with Gasteiger partial charge in [-0.15, -0.1) is 0 Å². The lowest BCUT2D eigenvalue weighted by atomic mass is 9.88. The zero-order valence-corrected chi connectivity index (χ0v) is 9.97. The van der Waals surface area contributed by atoms with E-state index in [-0.39, 0.29) is 0 Å². The molecule has 0 aliphatic heterocycles. The van der Waals surface area contributed by atoms with E-state index in [2.05, 4.69) is 19.6 Å². The molecular weight excluding hydrogens is 196 g/mol. The Kier molecular flexibility index (Phi) is 6.65. The zero-order valence-electron chi connectivity index (χ0n) is 9.08. The molecule has 14 heavy (non-hydrogen) atoms. The first-order valence-electron chi connectivity index (χ1n) is 5.65. The fourth-order valence-electron chi connectivity index (χ4n) is 1.95. The third-order valence-electron chi connectivity index (χ3n) is 2.83. The number of ether oxygens (including phenoxy) is 2. The minimum Gasteiger partial charge on any atom is -0.378 e. The van der Waals surface area contributed by atoms with Crippen LogP contribution in [-0.2, 0) is 9.47 Å². The van der Waals surface area contributed by atoms with Gasteiger partial charge in [0.1, 0.15) is 0 Å². The number of hydrogen-bond acceptors (Lipinski definition) is 3. The molecule has 0 amide bonds. The van der Waals surface area contributed by atoms with E-state index in [9.17, 15) is 0 Å². The highest BCUT2D eigenvalue weighted by Crippen LogP contribution is 2.25. The summed E-state index contributed by atoms with van der Waals surface area (Å²) in [6, 6.07) is 0. The lowest BCUT2D eigenvalue weighted by Crippen LogP contribution is -2.27. The van der Waals surface area contributed by atoms with Crippen LogP contribution in [0.15, 0.2) is 0 Å². The summed E-state index contributed by atoms with van der Waals surface area (Å²) < 4.78 is 11.1. The monoisotopic (exact) mass is 218 g/mol. The van der Waals surface area contributed by atoms with Crippen molar-refractivity contribution in [1.82, 2.24) is 0 Å². The van der Waals surface area contributed by atoms with Gasteiger partial charge in [0.25, 0.3) is 0 Å². The summed E-state index contributed by atoms with van der Waals surface area (Å²) in [5.41, 5.74) is 0. The van der Waals surface area contributed by atoms with Crippen LogP contribution in [0.1, 0.15) is 32.6 Å². The lowest BCUT2D eigenvalue weighted by Gasteiger charge is -2.28. The van der Waals surface area contributed by atoms with Crippen molar-refractivity contribution in [3.05, 3.63) is 0 Å². The maximum atomic E-state index is 5.79. The van der Waals surface area contributed by atoms with Gasteiger partial charge in [-0.05, 0) is 18.8 Å². The number of hydrogen-bond donors (Lipinski definition) is 1. The van der Waals surface area contributed by atoms with Crippen molar-refractivity contribution in [2.75, 3.05) is 25.6 Å². The Morgan fingerprint density at radius 3 is 2.64 bits per heavy atom. The lowest BCUT2D eigenvalue weighted by molar-refractivity contribution is -0.0314. The van der Waals surface area contributed by atoms with Crippen LogP contribution in [0.5, 0.6) is 0 Å². The molecule has 0 aromatic rings. The molecule has 1 fully saturated rings. The van der Waals surface area contributed by atoms with Gasteiger partial charge in [0.2, 0.25) is 0 Å². The summed E-state index contributed by atoms with van der Waals surface area (Å²) >= 11 is 4.07. The van der Waals surface area contributed by atoms with Crippen LogP contribution < -0.4 is 0 Å². The first-order valence-corrected chi connectivity index (χ1v) is 6.28. The molecule has 0 aromatic carbocycles. The quantitative estimate of drug-likeness (QED) is 0.545. The third kappa shape index (κ3) is 4.67. The summed E-state index contributed by atoms with van der Waals surface area (Å²) in [6.45, 7) is 4.47. The SMILES string of the molecule is CC1CCCCC1OCCOCCS. The van der Waals surface area contributed by atoms with Crippen molar-refractivity contribution in [3.8, 4) is 0 Å². The standard InChI is InChI=1S/C11H22O2S/c1-10-4-2-3-5-11(10)13-7-6-12-8-9-14/h10-11,14H,2-9H2,1H3. The van der Waals surface area contributed by atoms with Crippen molar-refractivity contribution in [2.24, 2.45) is 5.92 Å². The van der Waals surface area contributed by atoms with Crippen molar-refractivity contribution in [1.29, 1.82) is 0 Å². The van der Waals surface area contributed by atoms with E-state index in [0.717, 1.165) is 24.9 Å². The van der Waals surface area contributed by atoms with Gasteiger partial charge in [-0.25, -0.2) is 0 Å².